The minimum Gasteiger partial charge on any atom is -0.475 e. The number of carbonyl (C=O) groups excluding carboxylic acids is 1. The van der Waals surface area contributed by atoms with Crippen LogP contribution in [-0.4, -0.2) is 79.8 Å². The zero-order chi connectivity index (χ0) is 26.6. The van der Waals surface area contributed by atoms with Crippen LogP contribution in [0.15, 0.2) is 24.3 Å². The quantitative estimate of drug-likeness (QED) is 0.549. The Kier molecular flexibility index (Phi) is 8.38. The largest absolute Gasteiger partial charge is 0.475 e. The molecule has 1 unspecified atom stereocenters. The van der Waals surface area contributed by atoms with Crippen molar-refractivity contribution in [3.05, 3.63) is 35.6 Å². The van der Waals surface area contributed by atoms with Gasteiger partial charge in [0.25, 0.3) is 0 Å². The highest BCUT2D eigenvalue weighted by molar-refractivity contribution is 5.91. The van der Waals surface area contributed by atoms with E-state index in [2.05, 4.69) is 10.3 Å². The van der Waals surface area contributed by atoms with E-state index < -0.39 is 30.5 Å². The second-order valence-electron chi connectivity index (χ2n) is 9.13. The number of nitrogens with one attached hydrogen (secondary N) is 1. The molecule has 2 aromatic rings. The molecule has 4 rings (SSSR count). The normalized spacial score (nSPS) is 18.6. The Labute approximate surface area is 212 Å². The number of morpholine rings is 1. The van der Waals surface area contributed by atoms with Crippen molar-refractivity contribution < 1.29 is 36.9 Å². The number of pyridine rings is 1. The number of alkyl halides is 3. The van der Waals surface area contributed by atoms with Gasteiger partial charge in [0.2, 0.25) is 5.88 Å². The number of halogens is 4. The predicted molar refractivity (Wildman–Crippen MR) is 129 cm³/mol. The standard InChI is InChI=1S/C25H30F4N4O4/c1-16-11-20(26)21(30-24(35)33-4-2-3-18(15-33)25(27,28)29)14-19(16)17-12-22(32-5-8-36-9-6-32)31-23(13-17)37-10-7-34/h11-14,18,34H,2-10,15H2,1H3,(H,30,35). The molecular weight excluding hydrogens is 496 g/mol. The van der Waals surface area contributed by atoms with Crippen LogP contribution < -0.4 is 15.0 Å². The highest BCUT2D eigenvalue weighted by Gasteiger charge is 2.42. The molecule has 0 bridgehead atoms. The maximum atomic E-state index is 14.9. The molecule has 12 heteroatoms. The molecule has 0 aliphatic carbocycles. The Bertz CT molecular complexity index is 1110. The number of benzene rings is 1. The molecule has 2 aliphatic heterocycles. The summed E-state index contributed by atoms with van der Waals surface area (Å²) in [7, 11) is 0. The zero-order valence-electron chi connectivity index (χ0n) is 20.5. The monoisotopic (exact) mass is 526 g/mol. The molecule has 2 N–H and O–H groups in total. The van der Waals surface area contributed by atoms with Crippen molar-refractivity contribution in [2.75, 3.05) is 62.8 Å². The number of anilines is 2. The second-order valence-corrected chi connectivity index (χ2v) is 9.13. The molecule has 1 aromatic carbocycles. The maximum absolute atomic E-state index is 14.9. The minimum atomic E-state index is -4.39. The lowest BCUT2D eigenvalue weighted by Crippen LogP contribution is -2.46. The number of aryl methyl sites for hydroxylation is 1. The zero-order valence-corrected chi connectivity index (χ0v) is 20.5. The Morgan fingerprint density at radius 1 is 1.22 bits per heavy atom. The summed E-state index contributed by atoms with van der Waals surface area (Å²) in [4.78, 5) is 20.4. The fourth-order valence-corrected chi connectivity index (χ4v) is 4.53. The fourth-order valence-electron chi connectivity index (χ4n) is 4.53. The van der Waals surface area contributed by atoms with Crippen LogP contribution in [0.2, 0.25) is 0 Å². The van der Waals surface area contributed by atoms with Crippen LogP contribution >= 0.6 is 0 Å². The number of aliphatic hydroxyl groups is 1. The average Bonchev–Trinajstić information content (AvgIpc) is 2.89. The number of nitrogens with zero attached hydrogens (tertiary/aromatic N) is 3. The van der Waals surface area contributed by atoms with Crippen molar-refractivity contribution in [2.24, 2.45) is 5.92 Å². The Hall–Kier alpha value is -3.12. The number of urea groups is 1. The van der Waals surface area contributed by atoms with E-state index in [1.54, 1.807) is 13.0 Å². The third-order valence-corrected chi connectivity index (χ3v) is 6.50. The lowest BCUT2D eigenvalue weighted by atomic mass is 9.98. The highest BCUT2D eigenvalue weighted by Crippen LogP contribution is 2.35. The lowest BCUT2D eigenvalue weighted by molar-refractivity contribution is -0.183. The number of aliphatic hydroxyl groups excluding tert-OH is 1. The van der Waals surface area contributed by atoms with Crippen LogP contribution in [0.3, 0.4) is 0 Å². The molecule has 202 valence electrons. The van der Waals surface area contributed by atoms with E-state index in [1.807, 2.05) is 11.0 Å². The molecule has 2 aliphatic rings. The molecule has 8 nitrogen and oxygen atoms in total. The number of hydrogen-bond acceptors (Lipinski definition) is 6. The summed E-state index contributed by atoms with van der Waals surface area (Å²) in [5.41, 5.74) is 1.68. The Balaban J connectivity index is 1.62. The lowest BCUT2D eigenvalue weighted by Gasteiger charge is -2.33. The van der Waals surface area contributed by atoms with Gasteiger partial charge >= 0.3 is 12.2 Å². The van der Waals surface area contributed by atoms with E-state index >= 15 is 0 Å². The molecule has 0 saturated carbocycles. The van der Waals surface area contributed by atoms with Gasteiger partial charge in [-0.1, -0.05) is 0 Å². The van der Waals surface area contributed by atoms with Crippen molar-refractivity contribution in [2.45, 2.75) is 25.9 Å². The molecule has 2 saturated heterocycles. The molecule has 2 fully saturated rings. The first kappa shape index (κ1) is 26.9. The average molecular weight is 527 g/mol. The molecule has 37 heavy (non-hydrogen) atoms. The van der Waals surface area contributed by atoms with E-state index in [1.165, 1.54) is 12.1 Å². The van der Waals surface area contributed by atoms with Crippen LogP contribution in [0.1, 0.15) is 18.4 Å². The second kappa shape index (κ2) is 11.5. The van der Waals surface area contributed by atoms with Crippen LogP contribution in [-0.2, 0) is 4.74 Å². The predicted octanol–water partition coefficient (Wildman–Crippen LogP) is 4.21. The van der Waals surface area contributed by atoms with Crippen LogP contribution in [0.5, 0.6) is 5.88 Å². The van der Waals surface area contributed by atoms with Gasteiger partial charge in [0, 0.05) is 32.2 Å². The van der Waals surface area contributed by atoms with Crippen LogP contribution in [0.25, 0.3) is 11.1 Å². The van der Waals surface area contributed by atoms with Crippen LogP contribution in [0, 0.1) is 18.7 Å². The van der Waals surface area contributed by atoms with E-state index in [0.717, 1.165) is 4.90 Å². The summed E-state index contributed by atoms with van der Waals surface area (Å²) in [5.74, 6) is -1.40. The van der Waals surface area contributed by atoms with Crippen molar-refractivity contribution in [3.63, 3.8) is 0 Å². The Morgan fingerprint density at radius 3 is 2.68 bits per heavy atom. The van der Waals surface area contributed by atoms with Gasteiger partial charge in [-0.3, -0.25) is 0 Å². The summed E-state index contributed by atoms with van der Waals surface area (Å²) in [6, 6.07) is 5.43. The van der Waals surface area contributed by atoms with Gasteiger partial charge < -0.3 is 29.7 Å². The van der Waals surface area contributed by atoms with Gasteiger partial charge in [0.05, 0.1) is 31.4 Å². The van der Waals surface area contributed by atoms with Crippen molar-refractivity contribution in [3.8, 4) is 17.0 Å². The number of piperidine rings is 1. The van der Waals surface area contributed by atoms with E-state index in [9.17, 15) is 22.4 Å². The van der Waals surface area contributed by atoms with Gasteiger partial charge in [0.1, 0.15) is 18.2 Å². The Morgan fingerprint density at radius 2 is 1.97 bits per heavy atom. The molecule has 0 radical (unpaired) electrons. The first-order chi connectivity index (χ1) is 17.7. The third-order valence-electron chi connectivity index (χ3n) is 6.50. The smallest absolute Gasteiger partial charge is 0.393 e. The number of rotatable bonds is 6. The topological polar surface area (TPSA) is 87.2 Å². The van der Waals surface area contributed by atoms with Gasteiger partial charge in [-0.05, 0) is 54.7 Å². The van der Waals surface area contributed by atoms with Crippen molar-refractivity contribution >= 4 is 17.5 Å². The molecule has 2 amide bonds. The summed E-state index contributed by atoms with van der Waals surface area (Å²) >= 11 is 0. The van der Waals surface area contributed by atoms with E-state index in [-0.39, 0.29) is 44.2 Å². The summed E-state index contributed by atoms with van der Waals surface area (Å²) in [6.07, 6.45) is -4.21. The highest BCUT2D eigenvalue weighted by atomic mass is 19.4. The molecule has 0 spiro atoms. The first-order valence-electron chi connectivity index (χ1n) is 12.2. The number of aromatic nitrogens is 1. The van der Waals surface area contributed by atoms with Gasteiger partial charge in [0.15, 0.2) is 0 Å². The summed E-state index contributed by atoms with van der Waals surface area (Å²) in [5, 5.41) is 11.6. The summed E-state index contributed by atoms with van der Waals surface area (Å²) < 4.78 is 65.3. The summed E-state index contributed by atoms with van der Waals surface area (Å²) in [6.45, 7) is 3.57. The number of carbonyl (C=O) groups is 1. The third kappa shape index (κ3) is 6.61. The van der Waals surface area contributed by atoms with Crippen molar-refractivity contribution in [1.29, 1.82) is 0 Å². The number of likely N-dealkylation sites (tertiary alicyclic amines) is 1. The molecule has 1 aromatic heterocycles. The van der Waals surface area contributed by atoms with Gasteiger partial charge in [-0.2, -0.15) is 18.2 Å². The first-order valence-corrected chi connectivity index (χ1v) is 12.2. The number of hydrogen-bond donors (Lipinski definition) is 2. The molecular formula is C25H30F4N4O4. The van der Waals surface area contributed by atoms with Crippen molar-refractivity contribution in [1.82, 2.24) is 9.88 Å². The SMILES string of the molecule is Cc1cc(F)c(NC(=O)N2CCCC(C(F)(F)F)C2)cc1-c1cc(OCCO)nc(N2CCOCC2)c1. The van der Waals surface area contributed by atoms with Gasteiger partial charge in [-0.25, -0.2) is 9.18 Å². The fraction of sp³-hybridized carbons (Fsp3) is 0.520. The molecule has 1 atom stereocenters. The maximum Gasteiger partial charge on any atom is 0.393 e. The number of amides is 2. The molecule has 3 heterocycles. The number of ether oxygens (including phenoxy) is 2. The van der Waals surface area contributed by atoms with Gasteiger partial charge in [-0.15, -0.1) is 0 Å². The van der Waals surface area contributed by atoms with E-state index in [4.69, 9.17) is 14.6 Å². The van der Waals surface area contributed by atoms with Crippen LogP contribution in [0.4, 0.5) is 33.9 Å². The van der Waals surface area contributed by atoms with E-state index in [0.29, 0.717) is 48.8 Å². The minimum absolute atomic E-state index is 0.0372.